The van der Waals surface area contributed by atoms with E-state index in [2.05, 4.69) is 40.7 Å². The molecule has 4 aliphatic heterocycles. The molecule has 0 aliphatic carbocycles. The summed E-state index contributed by atoms with van der Waals surface area (Å²) < 4.78 is 5.69. The van der Waals surface area contributed by atoms with E-state index in [-0.39, 0.29) is 17.9 Å². The van der Waals surface area contributed by atoms with Crippen molar-refractivity contribution in [1.82, 2.24) is 15.1 Å². The Labute approximate surface area is 219 Å². The largest absolute Gasteiger partial charge is 0.381 e. The molecule has 3 saturated heterocycles. The molecule has 37 heavy (non-hydrogen) atoms. The van der Waals surface area contributed by atoms with Crippen molar-refractivity contribution in [2.24, 2.45) is 5.41 Å². The Balaban J connectivity index is 1.08. The minimum Gasteiger partial charge on any atom is -0.381 e. The van der Waals surface area contributed by atoms with Gasteiger partial charge in [0.15, 0.2) is 0 Å². The van der Waals surface area contributed by atoms with Crippen LogP contribution in [0, 0.1) is 12.3 Å². The number of piperidine rings is 2. The van der Waals surface area contributed by atoms with Crippen molar-refractivity contribution >= 4 is 17.5 Å². The fourth-order valence-electron chi connectivity index (χ4n) is 6.54. The van der Waals surface area contributed by atoms with Gasteiger partial charge in [0.2, 0.25) is 5.91 Å². The first kappa shape index (κ1) is 24.4. The summed E-state index contributed by atoms with van der Waals surface area (Å²) in [6.07, 6.45) is 5.37. The monoisotopic (exact) mass is 502 g/mol. The number of amides is 2. The maximum absolute atomic E-state index is 13.1. The first-order chi connectivity index (χ1) is 18.0. The van der Waals surface area contributed by atoms with Gasteiger partial charge in [-0.25, -0.2) is 0 Å². The van der Waals surface area contributed by atoms with Crippen LogP contribution in [0.1, 0.15) is 64.7 Å². The van der Waals surface area contributed by atoms with Crippen molar-refractivity contribution in [3.05, 3.63) is 64.2 Å². The second kappa shape index (κ2) is 10.1. The third-order valence-electron chi connectivity index (χ3n) is 9.01. The maximum Gasteiger partial charge on any atom is 0.255 e. The van der Waals surface area contributed by atoms with Gasteiger partial charge < -0.3 is 20.3 Å². The fraction of sp³-hybridized carbons (Fsp3) is 0.533. The summed E-state index contributed by atoms with van der Waals surface area (Å²) in [4.78, 5) is 29.8. The standard InChI is InChI=1S/C30H38N4O3/c1-21-16-22(7-8-23(21)18-33-13-9-30(10-14-33)11-15-37-20-30)17-32-26-5-2-4-24-25(26)19-34(29(24)36)27-6-3-12-31-28(27)35/h2,4-5,7-8,16,27,32H,3,6,9-15,17-20H2,1H3,(H,31,35). The van der Waals surface area contributed by atoms with E-state index in [1.165, 1.54) is 36.0 Å². The minimum atomic E-state index is -0.367. The molecule has 1 spiro atoms. The molecule has 196 valence electrons. The molecule has 2 aromatic carbocycles. The van der Waals surface area contributed by atoms with Gasteiger partial charge in [-0.05, 0) is 86.4 Å². The summed E-state index contributed by atoms with van der Waals surface area (Å²) >= 11 is 0. The number of hydrogen-bond donors (Lipinski definition) is 2. The highest BCUT2D eigenvalue weighted by Crippen LogP contribution is 2.39. The minimum absolute atomic E-state index is 0.0332. The Hall–Kier alpha value is -2.90. The van der Waals surface area contributed by atoms with Crippen molar-refractivity contribution in [3.63, 3.8) is 0 Å². The number of carbonyl (C=O) groups is 2. The van der Waals surface area contributed by atoms with Crippen molar-refractivity contribution in [2.75, 3.05) is 38.2 Å². The molecule has 0 aromatic heterocycles. The zero-order chi connectivity index (χ0) is 25.4. The Morgan fingerprint density at radius 1 is 1.14 bits per heavy atom. The van der Waals surface area contributed by atoms with Gasteiger partial charge in [0.1, 0.15) is 6.04 Å². The second-order valence-corrected chi connectivity index (χ2v) is 11.4. The lowest BCUT2D eigenvalue weighted by Crippen LogP contribution is -2.50. The van der Waals surface area contributed by atoms with Crippen molar-refractivity contribution in [1.29, 1.82) is 0 Å². The number of anilines is 1. The van der Waals surface area contributed by atoms with E-state index in [1.807, 2.05) is 18.2 Å². The SMILES string of the molecule is Cc1cc(CNc2cccc3c2CN(C2CCCNC2=O)C3=O)ccc1CN1CCC2(CCOC2)CC1. The van der Waals surface area contributed by atoms with Crippen LogP contribution in [0.15, 0.2) is 36.4 Å². The van der Waals surface area contributed by atoms with Gasteiger partial charge in [0.05, 0.1) is 6.61 Å². The van der Waals surface area contributed by atoms with Gasteiger partial charge in [-0.1, -0.05) is 24.3 Å². The van der Waals surface area contributed by atoms with E-state index in [0.717, 1.165) is 56.9 Å². The highest BCUT2D eigenvalue weighted by atomic mass is 16.5. The van der Waals surface area contributed by atoms with E-state index in [9.17, 15) is 9.59 Å². The van der Waals surface area contributed by atoms with Crippen LogP contribution in [0.25, 0.3) is 0 Å². The fourth-order valence-corrected chi connectivity index (χ4v) is 6.54. The zero-order valence-corrected chi connectivity index (χ0v) is 21.9. The van der Waals surface area contributed by atoms with Crippen LogP contribution in [0.2, 0.25) is 0 Å². The van der Waals surface area contributed by atoms with Crippen LogP contribution in [-0.2, 0) is 29.2 Å². The molecule has 7 heteroatoms. The predicted molar refractivity (Wildman–Crippen MR) is 143 cm³/mol. The molecule has 4 heterocycles. The molecule has 0 radical (unpaired) electrons. The van der Waals surface area contributed by atoms with Gasteiger partial charge in [0, 0.05) is 49.6 Å². The second-order valence-electron chi connectivity index (χ2n) is 11.4. The Bertz CT molecular complexity index is 1180. The molecule has 1 unspecified atom stereocenters. The van der Waals surface area contributed by atoms with Crippen LogP contribution in [0.3, 0.4) is 0 Å². The molecule has 6 rings (SSSR count). The summed E-state index contributed by atoms with van der Waals surface area (Å²) in [6, 6.07) is 12.3. The summed E-state index contributed by atoms with van der Waals surface area (Å²) in [6.45, 7) is 9.30. The molecular weight excluding hydrogens is 464 g/mol. The number of aryl methyl sites for hydroxylation is 1. The number of carbonyl (C=O) groups excluding carboxylic acids is 2. The smallest absolute Gasteiger partial charge is 0.255 e. The van der Waals surface area contributed by atoms with Crippen LogP contribution in [0.4, 0.5) is 5.69 Å². The number of benzene rings is 2. The van der Waals surface area contributed by atoms with Crippen LogP contribution >= 0.6 is 0 Å². The number of hydrogen-bond acceptors (Lipinski definition) is 5. The highest BCUT2D eigenvalue weighted by molar-refractivity contribution is 6.02. The quantitative estimate of drug-likeness (QED) is 0.628. The average molecular weight is 503 g/mol. The number of ether oxygens (including phenoxy) is 1. The first-order valence-electron chi connectivity index (χ1n) is 13.8. The molecule has 7 nitrogen and oxygen atoms in total. The number of fused-ring (bicyclic) bond motifs is 1. The molecule has 4 aliphatic rings. The van der Waals surface area contributed by atoms with Crippen LogP contribution in [0.5, 0.6) is 0 Å². The number of likely N-dealkylation sites (tertiary alicyclic amines) is 1. The van der Waals surface area contributed by atoms with E-state index < -0.39 is 0 Å². The number of rotatable bonds is 6. The third-order valence-corrected chi connectivity index (χ3v) is 9.01. The van der Waals surface area contributed by atoms with Gasteiger partial charge in [-0.2, -0.15) is 0 Å². The van der Waals surface area contributed by atoms with Gasteiger partial charge in [-0.15, -0.1) is 0 Å². The van der Waals surface area contributed by atoms with E-state index in [0.29, 0.717) is 30.6 Å². The molecule has 2 N–H and O–H groups in total. The zero-order valence-electron chi connectivity index (χ0n) is 21.9. The Morgan fingerprint density at radius 3 is 2.76 bits per heavy atom. The van der Waals surface area contributed by atoms with Crippen molar-refractivity contribution < 1.29 is 14.3 Å². The highest BCUT2D eigenvalue weighted by Gasteiger charge is 2.39. The summed E-state index contributed by atoms with van der Waals surface area (Å²) in [5, 5.41) is 6.48. The van der Waals surface area contributed by atoms with E-state index in [4.69, 9.17) is 4.74 Å². The summed E-state index contributed by atoms with van der Waals surface area (Å²) in [5.41, 5.74) is 7.08. The lowest BCUT2D eigenvalue weighted by Gasteiger charge is -2.38. The maximum atomic E-state index is 13.1. The van der Waals surface area contributed by atoms with Crippen molar-refractivity contribution in [3.8, 4) is 0 Å². The lowest BCUT2D eigenvalue weighted by molar-refractivity contribution is -0.127. The Morgan fingerprint density at radius 2 is 2.00 bits per heavy atom. The van der Waals surface area contributed by atoms with Gasteiger partial charge in [-0.3, -0.25) is 14.5 Å². The summed E-state index contributed by atoms with van der Waals surface area (Å²) in [5.74, 6) is -0.0703. The first-order valence-corrected chi connectivity index (χ1v) is 13.8. The molecule has 0 saturated carbocycles. The Kier molecular flexibility index (Phi) is 6.67. The average Bonchev–Trinajstić information content (AvgIpc) is 3.51. The predicted octanol–water partition coefficient (Wildman–Crippen LogP) is 3.84. The van der Waals surface area contributed by atoms with E-state index >= 15 is 0 Å². The summed E-state index contributed by atoms with van der Waals surface area (Å²) in [7, 11) is 0. The topological polar surface area (TPSA) is 73.9 Å². The molecule has 0 bridgehead atoms. The van der Waals surface area contributed by atoms with Gasteiger partial charge >= 0.3 is 0 Å². The van der Waals surface area contributed by atoms with E-state index in [1.54, 1.807) is 4.90 Å². The molecule has 2 aromatic rings. The number of nitrogens with zero attached hydrogens (tertiary/aromatic N) is 2. The van der Waals surface area contributed by atoms with Crippen LogP contribution in [-0.4, -0.2) is 60.5 Å². The lowest BCUT2D eigenvalue weighted by atomic mass is 9.78. The normalized spacial score (nSPS) is 23.4. The molecular formula is C30H38N4O3. The number of nitrogens with one attached hydrogen (secondary N) is 2. The molecule has 1 atom stereocenters. The van der Waals surface area contributed by atoms with Crippen molar-refractivity contribution in [2.45, 2.75) is 64.7 Å². The van der Waals surface area contributed by atoms with Crippen LogP contribution < -0.4 is 10.6 Å². The molecule has 2 amide bonds. The molecule has 3 fully saturated rings. The third kappa shape index (κ3) is 4.87. The van der Waals surface area contributed by atoms with Gasteiger partial charge in [0.25, 0.3) is 5.91 Å².